The van der Waals surface area contributed by atoms with E-state index in [9.17, 15) is 0 Å². The summed E-state index contributed by atoms with van der Waals surface area (Å²) < 4.78 is 2.15. The molecule has 0 aliphatic heterocycles. The van der Waals surface area contributed by atoms with Crippen LogP contribution in [0.1, 0.15) is 19.0 Å². The van der Waals surface area contributed by atoms with Crippen LogP contribution in [0.3, 0.4) is 0 Å². The first-order valence-corrected chi connectivity index (χ1v) is 6.51. The third-order valence-electron chi connectivity index (χ3n) is 2.64. The Labute approximate surface area is 99.7 Å². The molecule has 0 radical (unpaired) electrons. The van der Waals surface area contributed by atoms with E-state index in [0.29, 0.717) is 6.54 Å². The van der Waals surface area contributed by atoms with Crippen molar-refractivity contribution < 1.29 is 0 Å². The van der Waals surface area contributed by atoms with E-state index in [-0.39, 0.29) is 0 Å². The summed E-state index contributed by atoms with van der Waals surface area (Å²) in [6.45, 7) is 3.87. The summed E-state index contributed by atoms with van der Waals surface area (Å²) in [6, 6.07) is 0. The number of aromatic nitrogens is 2. The molecule has 88 valence electrons. The Morgan fingerprint density at radius 2 is 2.38 bits per heavy atom. The minimum Gasteiger partial charge on any atom is -0.358 e. The van der Waals surface area contributed by atoms with Gasteiger partial charge in [-0.3, -0.25) is 4.40 Å². The molecule has 0 saturated heterocycles. The van der Waals surface area contributed by atoms with Crippen molar-refractivity contribution in [2.75, 3.05) is 25.0 Å². The molecule has 2 aromatic rings. The van der Waals surface area contributed by atoms with Gasteiger partial charge in [-0.2, -0.15) is 0 Å². The number of anilines is 1. The van der Waals surface area contributed by atoms with Crippen molar-refractivity contribution in [3.05, 3.63) is 17.3 Å². The smallest absolute Gasteiger partial charge is 0.195 e. The Kier molecular flexibility index (Phi) is 3.46. The Morgan fingerprint density at radius 1 is 1.56 bits per heavy atom. The molecule has 2 aromatic heterocycles. The predicted molar refractivity (Wildman–Crippen MR) is 69.4 cm³/mol. The maximum absolute atomic E-state index is 5.67. The number of hydrogen-bond donors (Lipinski definition) is 1. The lowest BCUT2D eigenvalue weighted by Crippen LogP contribution is -2.20. The van der Waals surface area contributed by atoms with Crippen LogP contribution >= 0.6 is 11.3 Å². The number of rotatable bonds is 5. The molecule has 0 atom stereocenters. The number of nitrogens with two attached hydrogens (primary N) is 1. The second-order valence-electron chi connectivity index (χ2n) is 3.90. The average molecular weight is 238 g/mol. The van der Waals surface area contributed by atoms with Crippen molar-refractivity contribution >= 4 is 22.1 Å². The van der Waals surface area contributed by atoms with E-state index in [4.69, 9.17) is 5.73 Å². The Bertz CT molecular complexity index is 459. The minimum atomic E-state index is 0.663. The summed E-state index contributed by atoms with van der Waals surface area (Å²) >= 11 is 1.67. The zero-order valence-electron chi connectivity index (χ0n) is 9.81. The molecular formula is C11H18N4S. The SMILES string of the molecule is CCCN(C)c1nc2sccn2c1CCN. The molecule has 0 amide bonds. The van der Waals surface area contributed by atoms with Crippen molar-refractivity contribution in [3.63, 3.8) is 0 Å². The van der Waals surface area contributed by atoms with E-state index in [1.807, 2.05) is 0 Å². The number of nitrogens with zero attached hydrogens (tertiary/aromatic N) is 3. The van der Waals surface area contributed by atoms with Crippen LogP contribution in [0.4, 0.5) is 5.82 Å². The van der Waals surface area contributed by atoms with Gasteiger partial charge in [0.1, 0.15) is 0 Å². The number of imidazole rings is 1. The van der Waals surface area contributed by atoms with E-state index in [2.05, 4.69) is 39.8 Å². The zero-order valence-corrected chi connectivity index (χ0v) is 10.6. The van der Waals surface area contributed by atoms with Crippen molar-refractivity contribution in [2.45, 2.75) is 19.8 Å². The van der Waals surface area contributed by atoms with Gasteiger partial charge in [0.05, 0.1) is 5.69 Å². The number of thiazole rings is 1. The van der Waals surface area contributed by atoms with Crippen LogP contribution in [-0.2, 0) is 6.42 Å². The van der Waals surface area contributed by atoms with E-state index < -0.39 is 0 Å². The van der Waals surface area contributed by atoms with Crippen molar-refractivity contribution in [1.82, 2.24) is 9.38 Å². The maximum Gasteiger partial charge on any atom is 0.195 e. The van der Waals surface area contributed by atoms with Crippen LogP contribution in [0.15, 0.2) is 11.6 Å². The lowest BCUT2D eigenvalue weighted by atomic mass is 10.3. The molecule has 0 aliphatic carbocycles. The van der Waals surface area contributed by atoms with Gasteiger partial charge in [-0.05, 0) is 13.0 Å². The molecule has 0 fully saturated rings. The monoisotopic (exact) mass is 238 g/mol. The molecule has 16 heavy (non-hydrogen) atoms. The highest BCUT2D eigenvalue weighted by Crippen LogP contribution is 2.24. The first-order chi connectivity index (χ1) is 7.77. The van der Waals surface area contributed by atoms with Crippen LogP contribution in [0, 0.1) is 0 Å². The van der Waals surface area contributed by atoms with E-state index in [1.165, 1.54) is 5.69 Å². The first-order valence-electron chi connectivity index (χ1n) is 5.63. The van der Waals surface area contributed by atoms with Crippen LogP contribution in [0.2, 0.25) is 0 Å². The summed E-state index contributed by atoms with van der Waals surface area (Å²) in [4.78, 5) is 7.93. The van der Waals surface area contributed by atoms with E-state index in [0.717, 1.165) is 30.2 Å². The maximum atomic E-state index is 5.67. The Balaban J connectivity index is 2.41. The minimum absolute atomic E-state index is 0.663. The van der Waals surface area contributed by atoms with Gasteiger partial charge in [-0.15, -0.1) is 11.3 Å². The molecular weight excluding hydrogens is 220 g/mol. The summed E-state index contributed by atoms with van der Waals surface area (Å²) in [5.74, 6) is 1.08. The van der Waals surface area contributed by atoms with Crippen LogP contribution in [0.5, 0.6) is 0 Å². The molecule has 0 bridgehead atoms. The average Bonchev–Trinajstić information content (AvgIpc) is 2.81. The normalized spacial score (nSPS) is 11.2. The van der Waals surface area contributed by atoms with Gasteiger partial charge < -0.3 is 10.6 Å². The van der Waals surface area contributed by atoms with Crippen molar-refractivity contribution in [1.29, 1.82) is 0 Å². The van der Waals surface area contributed by atoms with E-state index >= 15 is 0 Å². The third kappa shape index (κ3) is 1.92. The third-order valence-corrected chi connectivity index (χ3v) is 3.40. The summed E-state index contributed by atoms with van der Waals surface area (Å²) in [5.41, 5.74) is 6.90. The number of fused-ring (bicyclic) bond motifs is 1. The molecule has 0 spiro atoms. The second-order valence-corrected chi connectivity index (χ2v) is 4.77. The molecule has 0 saturated carbocycles. The molecule has 4 nitrogen and oxygen atoms in total. The van der Waals surface area contributed by atoms with Gasteiger partial charge in [0.2, 0.25) is 0 Å². The van der Waals surface area contributed by atoms with Crippen molar-refractivity contribution in [3.8, 4) is 0 Å². The number of hydrogen-bond acceptors (Lipinski definition) is 4. The summed E-state index contributed by atoms with van der Waals surface area (Å²) in [6.07, 6.45) is 4.08. The lowest BCUT2D eigenvalue weighted by Gasteiger charge is -2.17. The fourth-order valence-electron chi connectivity index (χ4n) is 1.94. The molecule has 0 aliphatic rings. The quantitative estimate of drug-likeness (QED) is 0.863. The summed E-state index contributed by atoms with van der Waals surface area (Å²) in [7, 11) is 2.09. The van der Waals surface area contributed by atoms with Crippen LogP contribution in [0.25, 0.3) is 4.96 Å². The highest BCUT2D eigenvalue weighted by atomic mass is 32.1. The second kappa shape index (κ2) is 4.84. The summed E-state index contributed by atoms with van der Waals surface area (Å²) in [5, 5.41) is 2.06. The molecule has 2 heterocycles. The molecule has 2 rings (SSSR count). The largest absolute Gasteiger partial charge is 0.358 e. The highest BCUT2D eigenvalue weighted by Gasteiger charge is 2.15. The van der Waals surface area contributed by atoms with Crippen LogP contribution < -0.4 is 10.6 Å². The standard InChI is InChI=1S/C11H18N4S/c1-3-6-14(2)10-9(4-5-12)15-7-8-16-11(15)13-10/h7-8H,3-6,12H2,1-2H3. The van der Waals surface area contributed by atoms with Gasteiger partial charge in [0.25, 0.3) is 0 Å². The van der Waals surface area contributed by atoms with Crippen molar-refractivity contribution in [2.24, 2.45) is 5.73 Å². The zero-order chi connectivity index (χ0) is 11.5. The lowest BCUT2D eigenvalue weighted by molar-refractivity contribution is 0.822. The fourth-order valence-corrected chi connectivity index (χ4v) is 2.67. The molecule has 2 N–H and O–H groups in total. The van der Waals surface area contributed by atoms with Gasteiger partial charge in [-0.1, -0.05) is 6.92 Å². The van der Waals surface area contributed by atoms with Crippen LogP contribution in [-0.4, -0.2) is 29.5 Å². The topological polar surface area (TPSA) is 46.6 Å². The van der Waals surface area contributed by atoms with Gasteiger partial charge in [0, 0.05) is 31.6 Å². The van der Waals surface area contributed by atoms with Gasteiger partial charge >= 0.3 is 0 Å². The van der Waals surface area contributed by atoms with Gasteiger partial charge in [0.15, 0.2) is 10.8 Å². The molecule has 0 unspecified atom stereocenters. The van der Waals surface area contributed by atoms with E-state index in [1.54, 1.807) is 11.3 Å². The molecule has 5 heteroatoms. The fraction of sp³-hybridized carbons (Fsp3) is 0.545. The molecule has 0 aromatic carbocycles. The Hall–Kier alpha value is -1.07. The Morgan fingerprint density at radius 3 is 3.06 bits per heavy atom. The first kappa shape index (κ1) is 11.4. The van der Waals surface area contributed by atoms with Gasteiger partial charge in [-0.25, -0.2) is 4.98 Å². The highest BCUT2D eigenvalue weighted by molar-refractivity contribution is 7.15. The predicted octanol–water partition coefficient (Wildman–Crippen LogP) is 1.74.